The molecule has 0 aliphatic carbocycles. The third-order valence-electron chi connectivity index (χ3n) is 1.00. The van der Waals surface area contributed by atoms with E-state index in [2.05, 4.69) is 6.07 Å². The number of nitroso groups, excluding NO2 is 1. The topological polar surface area (TPSA) is 46.1 Å². The summed E-state index contributed by atoms with van der Waals surface area (Å²) in [5.41, 5.74) is 0.323. The lowest BCUT2D eigenvalue weighted by Crippen LogP contribution is -2.08. The molecule has 51 valence electrons. The summed E-state index contributed by atoms with van der Waals surface area (Å²) in [7, 11) is 0. The second kappa shape index (κ2) is 2.66. The molecule has 0 aliphatic rings. The van der Waals surface area contributed by atoms with Gasteiger partial charge in [0.05, 0.1) is 9.93 Å². The highest BCUT2D eigenvalue weighted by Crippen LogP contribution is 2.14. The van der Waals surface area contributed by atoms with Crippen molar-refractivity contribution in [2.75, 3.05) is 0 Å². The Hall–Kier alpha value is -1.09. The van der Waals surface area contributed by atoms with Gasteiger partial charge in [-0.05, 0) is 6.07 Å². The number of halogens is 1. The minimum absolute atomic E-state index is 0.250. The summed E-state index contributed by atoms with van der Waals surface area (Å²) in [4.78, 5) is 10.7. The first-order valence-electron chi connectivity index (χ1n) is 2.59. The van der Waals surface area contributed by atoms with Gasteiger partial charge in [-0.25, -0.2) is 0 Å². The summed E-state index contributed by atoms with van der Waals surface area (Å²) in [6.07, 6.45) is 0. The molecule has 3 nitrogen and oxygen atoms in total. The second-order valence-electron chi connectivity index (χ2n) is 1.72. The van der Waals surface area contributed by atoms with Crippen molar-refractivity contribution in [2.24, 2.45) is 5.84 Å². The van der Waals surface area contributed by atoms with Crippen LogP contribution in [0.1, 0.15) is 0 Å². The summed E-state index contributed by atoms with van der Waals surface area (Å²) in [6, 6.07) is 7.17. The number of nitrogens with zero attached hydrogens (tertiary/aromatic N) is 1. The summed E-state index contributed by atoms with van der Waals surface area (Å²) in [5, 5.41) is 0.379. The van der Waals surface area contributed by atoms with Crippen LogP contribution in [0.15, 0.2) is 18.2 Å². The average Bonchev–Trinajstić information content (AvgIpc) is 1.88. The van der Waals surface area contributed by atoms with Crippen molar-refractivity contribution in [1.29, 1.82) is 0 Å². The summed E-state index contributed by atoms with van der Waals surface area (Å²) < 4.78 is 0. The molecule has 0 atom stereocenters. The van der Waals surface area contributed by atoms with Gasteiger partial charge in [0.1, 0.15) is 0 Å². The standard InChI is InChI=1S/C6H5ClN2O/c7-5-2-1-3-6(4-5)9(8)10/h1,3-4H,(H2,8,10)/q+1. The average molecular weight is 157 g/mol. The molecular weight excluding hydrogens is 152 g/mol. The molecule has 0 amide bonds. The van der Waals surface area contributed by atoms with Gasteiger partial charge < -0.3 is 0 Å². The Balaban J connectivity index is 3.07. The van der Waals surface area contributed by atoms with Crippen LogP contribution in [-0.2, 0) is 0 Å². The van der Waals surface area contributed by atoms with Crippen LogP contribution in [-0.4, -0.2) is 4.87 Å². The molecule has 1 radical (unpaired) electrons. The molecule has 0 fully saturated rings. The molecule has 0 aromatic heterocycles. The van der Waals surface area contributed by atoms with E-state index in [4.69, 9.17) is 17.4 Å². The number of benzene rings is 1. The molecule has 0 saturated carbocycles. The van der Waals surface area contributed by atoms with Gasteiger partial charge in [0.15, 0.2) is 4.87 Å². The lowest BCUT2D eigenvalue weighted by molar-refractivity contribution is -0.474. The van der Waals surface area contributed by atoms with E-state index in [1.165, 1.54) is 18.2 Å². The van der Waals surface area contributed by atoms with Crippen molar-refractivity contribution in [2.45, 2.75) is 0 Å². The number of hydrogen-bond donors (Lipinski definition) is 1. The highest BCUT2D eigenvalue weighted by Gasteiger charge is 2.06. The number of nitrogens with two attached hydrogens (primary N) is 1. The quantitative estimate of drug-likeness (QED) is 0.380. The van der Waals surface area contributed by atoms with Gasteiger partial charge in [-0.2, -0.15) is 5.84 Å². The van der Waals surface area contributed by atoms with Gasteiger partial charge in [-0.3, -0.25) is 0 Å². The first-order valence-corrected chi connectivity index (χ1v) is 2.97. The molecule has 0 spiro atoms. The van der Waals surface area contributed by atoms with Crippen LogP contribution in [0.2, 0.25) is 5.02 Å². The largest absolute Gasteiger partial charge is 0.293 e. The van der Waals surface area contributed by atoms with Gasteiger partial charge in [-0.1, -0.05) is 11.6 Å². The van der Waals surface area contributed by atoms with Crippen molar-refractivity contribution in [3.63, 3.8) is 0 Å². The van der Waals surface area contributed by atoms with Gasteiger partial charge in [0.25, 0.3) is 5.69 Å². The van der Waals surface area contributed by atoms with Gasteiger partial charge in [0.2, 0.25) is 0 Å². The fourth-order valence-corrected chi connectivity index (χ4v) is 0.738. The van der Waals surface area contributed by atoms with Crippen LogP contribution in [0.4, 0.5) is 5.69 Å². The van der Waals surface area contributed by atoms with E-state index in [0.717, 1.165) is 0 Å². The van der Waals surface area contributed by atoms with E-state index in [1.807, 2.05) is 0 Å². The fourth-order valence-electron chi connectivity index (χ4n) is 0.563. The summed E-state index contributed by atoms with van der Waals surface area (Å²) in [5.74, 6) is 4.89. The Kier molecular flexibility index (Phi) is 1.87. The lowest BCUT2D eigenvalue weighted by Gasteiger charge is -1.85. The van der Waals surface area contributed by atoms with E-state index >= 15 is 0 Å². The number of hydrazine groups is 1. The molecular formula is C6H5ClN2O+. The monoisotopic (exact) mass is 156 g/mol. The number of hydrogen-bond acceptors (Lipinski definition) is 1. The maximum Gasteiger partial charge on any atom is 0.293 e. The lowest BCUT2D eigenvalue weighted by atomic mass is 10.3. The highest BCUT2D eigenvalue weighted by atomic mass is 35.5. The van der Waals surface area contributed by atoms with Crippen molar-refractivity contribution >= 4 is 17.3 Å². The van der Waals surface area contributed by atoms with Crippen LogP contribution >= 0.6 is 11.6 Å². The Morgan fingerprint density at radius 1 is 1.70 bits per heavy atom. The smallest absolute Gasteiger partial charge is 0.159 e. The maximum atomic E-state index is 10.4. The Morgan fingerprint density at radius 3 is 2.80 bits per heavy atom. The highest BCUT2D eigenvalue weighted by molar-refractivity contribution is 6.30. The first kappa shape index (κ1) is 7.02. The van der Waals surface area contributed by atoms with Crippen molar-refractivity contribution < 1.29 is 4.87 Å². The van der Waals surface area contributed by atoms with E-state index in [-0.39, 0.29) is 4.87 Å². The molecule has 0 heterocycles. The molecule has 0 aliphatic heterocycles. The zero-order chi connectivity index (χ0) is 7.56. The normalized spacial score (nSPS) is 9.30. The summed E-state index contributed by atoms with van der Waals surface area (Å²) in [6.45, 7) is 0. The molecule has 1 rings (SSSR count). The number of rotatable bonds is 1. The first-order chi connectivity index (χ1) is 4.70. The van der Waals surface area contributed by atoms with Crippen LogP contribution in [0, 0.1) is 11.0 Å². The SMILES string of the molecule is N[N+](=O)c1cc[c]c(Cl)c1. The predicted octanol–water partition coefficient (Wildman–Crippen LogP) is 1.42. The Labute approximate surface area is 62.9 Å². The van der Waals surface area contributed by atoms with E-state index in [9.17, 15) is 4.91 Å². The molecule has 0 bridgehead atoms. The third-order valence-corrected chi connectivity index (χ3v) is 1.22. The predicted molar refractivity (Wildman–Crippen MR) is 37.8 cm³/mol. The van der Waals surface area contributed by atoms with Crippen LogP contribution in [0.3, 0.4) is 0 Å². The van der Waals surface area contributed by atoms with Crippen LogP contribution in [0.25, 0.3) is 0 Å². The Bertz CT molecular complexity index is 262. The molecule has 1 aromatic carbocycles. The van der Waals surface area contributed by atoms with E-state index in [0.29, 0.717) is 10.7 Å². The van der Waals surface area contributed by atoms with Crippen molar-refractivity contribution in [3.05, 3.63) is 34.2 Å². The van der Waals surface area contributed by atoms with Gasteiger partial charge in [0, 0.05) is 18.2 Å². The maximum absolute atomic E-state index is 10.4. The minimum Gasteiger partial charge on any atom is -0.159 e. The molecule has 10 heavy (non-hydrogen) atoms. The van der Waals surface area contributed by atoms with Crippen molar-refractivity contribution in [1.82, 2.24) is 0 Å². The van der Waals surface area contributed by atoms with E-state index in [1.54, 1.807) is 0 Å². The summed E-state index contributed by atoms with van der Waals surface area (Å²) >= 11 is 5.51. The minimum atomic E-state index is 0.250. The fraction of sp³-hybridized carbons (Fsp3) is 0. The molecule has 2 N–H and O–H groups in total. The van der Waals surface area contributed by atoms with Gasteiger partial charge >= 0.3 is 0 Å². The Morgan fingerprint density at radius 2 is 2.40 bits per heavy atom. The third kappa shape index (κ3) is 1.45. The van der Waals surface area contributed by atoms with Crippen molar-refractivity contribution in [3.8, 4) is 0 Å². The second-order valence-corrected chi connectivity index (χ2v) is 2.13. The van der Waals surface area contributed by atoms with E-state index < -0.39 is 0 Å². The molecule has 4 heteroatoms. The zero-order valence-corrected chi connectivity index (χ0v) is 5.80. The van der Waals surface area contributed by atoms with Crippen LogP contribution in [0.5, 0.6) is 0 Å². The zero-order valence-electron chi connectivity index (χ0n) is 5.04. The molecule has 1 aromatic rings. The molecule has 0 unspecified atom stereocenters. The van der Waals surface area contributed by atoms with Crippen LogP contribution < -0.4 is 5.84 Å². The molecule has 0 saturated heterocycles. The van der Waals surface area contributed by atoms with Gasteiger partial charge in [-0.15, -0.1) is 0 Å².